The third-order valence-electron chi connectivity index (χ3n) is 4.73. The topological polar surface area (TPSA) is 110 Å². The summed E-state index contributed by atoms with van der Waals surface area (Å²) in [5, 5.41) is 21.9. The maximum absolute atomic E-state index is 12.5. The van der Waals surface area contributed by atoms with E-state index in [4.69, 9.17) is 0 Å². The molecule has 3 heterocycles. The number of carbonyl (C=O) groups is 1. The Morgan fingerprint density at radius 2 is 1.72 bits per heavy atom. The van der Waals surface area contributed by atoms with Crippen LogP contribution in [0.2, 0.25) is 0 Å². The summed E-state index contributed by atoms with van der Waals surface area (Å²) in [6, 6.07) is 19.1. The second kappa shape index (κ2) is 9.69. The van der Waals surface area contributed by atoms with Gasteiger partial charge in [0.2, 0.25) is 0 Å². The van der Waals surface area contributed by atoms with E-state index in [2.05, 4.69) is 36.2 Å². The molecule has 1 amide bonds. The maximum atomic E-state index is 12.5. The molecule has 0 saturated carbocycles. The molecule has 4 rings (SSSR count). The first kappa shape index (κ1) is 21.0. The van der Waals surface area contributed by atoms with Crippen molar-refractivity contribution < 1.29 is 4.79 Å². The molecule has 1 aromatic carbocycles. The maximum Gasteiger partial charge on any atom is 0.269 e. The van der Waals surface area contributed by atoms with Crippen molar-refractivity contribution in [1.82, 2.24) is 30.3 Å². The molecular formula is C23H24N8O. The van der Waals surface area contributed by atoms with E-state index in [9.17, 15) is 4.79 Å². The van der Waals surface area contributed by atoms with Crippen LogP contribution in [-0.2, 0) is 7.05 Å². The minimum atomic E-state index is -0.180. The van der Waals surface area contributed by atoms with Crippen LogP contribution in [-0.4, -0.2) is 44.0 Å². The van der Waals surface area contributed by atoms with Crippen molar-refractivity contribution in [2.75, 3.05) is 23.7 Å². The van der Waals surface area contributed by atoms with Crippen LogP contribution >= 0.6 is 0 Å². The van der Waals surface area contributed by atoms with E-state index in [0.29, 0.717) is 36.2 Å². The van der Waals surface area contributed by atoms with Crippen LogP contribution < -0.4 is 16.0 Å². The molecule has 0 fully saturated rings. The molecular weight excluding hydrogens is 404 g/mol. The number of nitrogens with zero attached hydrogens (tertiary/aromatic N) is 5. The van der Waals surface area contributed by atoms with Gasteiger partial charge in [0.15, 0.2) is 5.82 Å². The van der Waals surface area contributed by atoms with E-state index < -0.39 is 0 Å². The monoisotopic (exact) mass is 428 g/mol. The number of carbonyl (C=O) groups excluding carboxylic acids is 1. The zero-order valence-electron chi connectivity index (χ0n) is 17.9. The molecule has 4 aromatic rings. The Balaban J connectivity index is 1.25. The second-order valence-electron chi connectivity index (χ2n) is 7.23. The Morgan fingerprint density at radius 3 is 2.47 bits per heavy atom. The summed E-state index contributed by atoms with van der Waals surface area (Å²) < 4.78 is 1.59. The lowest BCUT2D eigenvalue weighted by Gasteiger charge is -2.08. The number of pyridine rings is 1. The van der Waals surface area contributed by atoms with E-state index in [-0.39, 0.29) is 5.91 Å². The van der Waals surface area contributed by atoms with E-state index in [1.54, 1.807) is 24.0 Å². The van der Waals surface area contributed by atoms with Gasteiger partial charge in [0.1, 0.15) is 17.3 Å². The number of rotatable bonds is 8. The van der Waals surface area contributed by atoms with Gasteiger partial charge in [-0.05, 0) is 42.8 Å². The van der Waals surface area contributed by atoms with Gasteiger partial charge in [-0.2, -0.15) is 5.10 Å². The molecule has 162 valence electrons. The van der Waals surface area contributed by atoms with Crippen molar-refractivity contribution >= 4 is 23.4 Å². The Hall–Kier alpha value is -4.27. The fourth-order valence-electron chi connectivity index (χ4n) is 3.12. The zero-order chi connectivity index (χ0) is 22.3. The lowest BCUT2D eigenvalue weighted by Crippen LogP contribution is -2.30. The van der Waals surface area contributed by atoms with Gasteiger partial charge in [-0.1, -0.05) is 30.3 Å². The van der Waals surface area contributed by atoms with Gasteiger partial charge in [0.25, 0.3) is 5.91 Å². The van der Waals surface area contributed by atoms with Crippen LogP contribution in [0.3, 0.4) is 0 Å². The van der Waals surface area contributed by atoms with E-state index in [1.807, 2.05) is 61.5 Å². The van der Waals surface area contributed by atoms with Crippen molar-refractivity contribution in [3.05, 3.63) is 78.1 Å². The molecule has 0 spiro atoms. The first-order valence-corrected chi connectivity index (χ1v) is 10.2. The van der Waals surface area contributed by atoms with Gasteiger partial charge < -0.3 is 16.0 Å². The van der Waals surface area contributed by atoms with Crippen molar-refractivity contribution in [1.29, 1.82) is 0 Å². The molecule has 0 unspecified atom stereocenters. The van der Waals surface area contributed by atoms with Crippen molar-refractivity contribution in [2.45, 2.75) is 6.92 Å². The average Bonchev–Trinajstić information content (AvgIpc) is 3.20. The van der Waals surface area contributed by atoms with Crippen LogP contribution in [0.5, 0.6) is 0 Å². The Labute approximate surface area is 185 Å². The Kier molecular flexibility index (Phi) is 6.35. The van der Waals surface area contributed by atoms with Crippen LogP contribution in [0.1, 0.15) is 16.1 Å². The van der Waals surface area contributed by atoms with Crippen LogP contribution in [0.15, 0.2) is 66.9 Å². The number of aryl methyl sites for hydroxylation is 2. The number of benzene rings is 1. The fourth-order valence-corrected chi connectivity index (χ4v) is 3.12. The number of amides is 1. The summed E-state index contributed by atoms with van der Waals surface area (Å²) in [7, 11) is 1.76. The van der Waals surface area contributed by atoms with E-state index in [1.165, 1.54) is 0 Å². The van der Waals surface area contributed by atoms with Gasteiger partial charge in [0, 0.05) is 31.9 Å². The molecule has 0 aliphatic heterocycles. The van der Waals surface area contributed by atoms with Crippen LogP contribution in [0, 0.1) is 6.92 Å². The molecule has 3 aromatic heterocycles. The minimum Gasteiger partial charge on any atom is -0.367 e. The summed E-state index contributed by atoms with van der Waals surface area (Å²) in [6.45, 7) is 2.94. The molecule has 0 bridgehead atoms. The number of hydrogen-bond donors (Lipinski definition) is 3. The molecule has 9 heteroatoms. The fraction of sp³-hybridized carbons (Fsp3) is 0.174. The minimum absolute atomic E-state index is 0.180. The molecule has 3 N–H and O–H groups in total. The van der Waals surface area contributed by atoms with Gasteiger partial charge in [-0.25, -0.2) is 4.98 Å². The number of hydrogen-bond acceptors (Lipinski definition) is 7. The standard InChI is InChI=1S/C23H24N8O/c1-16-10-11-24-22(14-16)27-21-9-8-20(28-29-21)25-12-13-26-23(32)19-15-18(30-31(19)2)17-6-4-3-5-7-17/h3-11,14-15H,12-13H2,1-2H3,(H,25,28)(H,26,32)(H,24,27,29). The predicted octanol–water partition coefficient (Wildman–Crippen LogP) is 3.17. The molecule has 0 radical (unpaired) electrons. The second-order valence-corrected chi connectivity index (χ2v) is 7.23. The zero-order valence-corrected chi connectivity index (χ0v) is 17.9. The van der Waals surface area contributed by atoms with Gasteiger partial charge in [-0.15, -0.1) is 10.2 Å². The van der Waals surface area contributed by atoms with Gasteiger partial charge in [-0.3, -0.25) is 9.48 Å². The third kappa shape index (κ3) is 5.25. The predicted molar refractivity (Wildman–Crippen MR) is 124 cm³/mol. The molecule has 32 heavy (non-hydrogen) atoms. The van der Waals surface area contributed by atoms with Gasteiger partial charge in [0.05, 0.1) is 5.69 Å². The van der Waals surface area contributed by atoms with Crippen molar-refractivity contribution in [2.24, 2.45) is 7.05 Å². The van der Waals surface area contributed by atoms with Crippen LogP contribution in [0.25, 0.3) is 11.3 Å². The third-order valence-corrected chi connectivity index (χ3v) is 4.73. The van der Waals surface area contributed by atoms with E-state index in [0.717, 1.165) is 16.8 Å². The summed E-state index contributed by atoms with van der Waals surface area (Å²) in [5.41, 5.74) is 3.35. The number of anilines is 3. The molecule has 0 atom stereocenters. The lowest BCUT2D eigenvalue weighted by atomic mass is 10.1. The number of aromatic nitrogens is 5. The largest absolute Gasteiger partial charge is 0.367 e. The first-order chi connectivity index (χ1) is 15.6. The summed E-state index contributed by atoms with van der Waals surface area (Å²) in [6.07, 6.45) is 1.74. The molecule has 0 saturated heterocycles. The highest BCUT2D eigenvalue weighted by Crippen LogP contribution is 2.18. The summed E-state index contributed by atoms with van der Waals surface area (Å²) in [5.74, 6) is 1.76. The summed E-state index contributed by atoms with van der Waals surface area (Å²) in [4.78, 5) is 16.8. The summed E-state index contributed by atoms with van der Waals surface area (Å²) >= 11 is 0. The quantitative estimate of drug-likeness (QED) is 0.370. The Morgan fingerprint density at radius 1 is 0.938 bits per heavy atom. The van der Waals surface area contributed by atoms with Crippen molar-refractivity contribution in [3.63, 3.8) is 0 Å². The molecule has 0 aliphatic rings. The highest BCUT2D eigenvalue weighted by molar-refractivity contribution is 5.93. The SMILES string of the molecule is Cc1ccnc(Nc2ccc(NCCNC(=O)c3cc(-c4ccccc4)nn3C)nn2)c1. The smallest absolute Gasteiger partial charge is 0.269 e. The number of nitrogens with one attached hydrogen (secondary N) is 3. The van der Waals surface area contributed by atoms with E-state index >= 15 is 0 Å². The van der Waals surface area contributed by atoms with Crippen LogP contribution in [0.4, 0.5) is 17.5 Å². The highest BCUT2D eigenvalue weighted by atomic mass is 16.2. The lowest BCUT2D eigenvalue weighted by molar-refractivity contribution is 0.0946. The van der Waals surface area contributed by atoms with Gasteiger partial charge >= 0.3 is 0 Å². The van der Waals surface area contributed by atoms with Crippen molar-refractivity contribution in [3.8, 4) is 11.3 Å². The first-order valence-electron chi connectivity index (χ1n) is 10.2. The highest BCUT2D eigenvalue weighted by Gasteiger charge is 2.13. The normalized spacial score (nSPS) is 10.6. The molecule has 0 aliphatic carbocycles. The Bertz CT molecular complexity index is 1190. The average molecular weight is 429 g/mol. The molecule has 9 nitrogen and oxygen atoms in total.